The lowest BCUT2D eigenvalue weighted by Crippen LogP contribution is -1.96. The van der Waals surface area contributed by atoms with E-state index in [1.165, 1.54) is 37.3 Å². The number of allylic oxidation sites excluding steroid dienone is 1. The molecule has 5 heteroatoms. The average molecular weight is 207 g/mol. The molecular weight excluding hydrogens is 198 g/mol. The van der Waals surface area contributed by atoms with E-state index in [-0.39, 0.29) is 11.3 Å². The number of carbonyl (C=O) groups is 1. The van der Waals surface area contributed by atoms with Gasteiger partial charge in [0.1, 0.15) is 0 Å². The molecule has 0 bridgehead atoms. The Morgan fingerprint density at radius 3 is 2.33 bits per heavy atom. The first kappa shape index (κ1) is 10.9. The SMILES string of the molecule is C/C(=C\c1ccc(C(=O)O)cc1)[N+](=O)[O-]. The Balaban J connectivity index is 2.95. The van der Waals surface area contributed by atoms with Gasteiger partial charge in [-0.15, -0.1) is 0 Å². The number of carboxylic acids is 1. The van der Waals surface area contributed by atoms with Gasteiger partial charge in [-0.3, -0.25) is 10.1 Å². The molecule has 0 fully saturated rings. The lowest BCUT2D eigenvalue weighted by molar-refractivity contribution is -0.422. The van der Waals surface area contributed by atoms with Crippen molar-refractivity contribution in [3.05, 3.63) is 51.2 Å². The highest BCUT2D eigenvalue weighted by molar-refractivity contribution is 5.87. The predicted molar refractivity (Wildman–Crippen MR) is 54.0 cm³/mol. The van der Waals surface area contributed by atoms with Crippen LogP contribution in [0, 0.1) is 10.1 Å². The Bertz CT molecular complexity index is 420. The first-order valence-electron chi connectivity index (χ1n) is 4.17. The number of rotatable bonds is 3. The second-order valence-corrected chi connectivity index (χ2v) is 2.97. The highest BCUT2D eigenvalue weighted by Crippen LogP contribution is 2.09. The smallest absolute Gasteiger partial charge is 0.335 e. The monoisotopic (exact) mass is 207 g/mol. The van der Waals surface area contributed by atoms with Crippen molar-refractivity contribution >= 4 is 12.0 Å². The molecule has 5 nitrogen and oxygen atoms in total. The fourth-order valence-electron chi connectivity index (χ4n) is 1.02. The highest BCUT2D eigenvalue weighted by atomic mass is 16.6. The summed E-state index contributed by atoms with van der Waals surface area (Å²) >= 11 is 0. The summed E-state index contributed by atoms with van der Waals surface area (Å²) < 4.78 is 0. The van der Waals surface area contributed by atoms with Gasteiger partial charge in [0.2, 0.25) is 5.70 Å². The minimum absolute atomic E-state index is 0.0121. The Morgan fingerprint density at radius 2 is 1.93 bits per heavy atom. The van der Waals surface area contributed by atoms with Crippen LogP contribution in [0.4, 0.5) is 0 Å². The van der Waals surface area contributed by atoms with Crippen molar-refractivity contribution in [3.63, 3.8) is 0 Å². The van der Waals surface area contributed by atoms with Crippen molar-refractivity contribution in [3.8, 4) is 0 Å². The van der Waals surface area contributed by atoms with Gasteiger partial charge >= 0.3 is 5.97 Å². The number of nitrogens with zero attached hydrogens (tertiary/aromatic N) is 1. The molecule has 1 rings (SSSR count). The maximum atomic E-state index is 10.5. The van der Waals surface area contributed by atoms with Crippen molar-refractivity contribution in [1.29, 1.82) is 0 Å². The van der Waals surface area contributed by atoms with Gasteiger partial charge in [-0.2, -0.15) is 0 Å². The molecule has 1 aromatic rings. The van der Waals surface area contributed by atoms with E-state index in [1.54, 1.807) is 0 Å². The van der Waals surface area contributed by atoms with Gasteiger partial charge < -0.3 is 5.11 Å². The molecule has 0 aliphatic carbocycles. The fraction of sp³-hybridized carbons (Fsp3) is 0.100. The molecule has 0 spiro atoms. The molecule has 0 heterocycles. The van der Waals surface area contributed by atoms with Gasteiger partial charge in [0.15, 0.2) is 0 Å². The van der Waals surface area contributed by atoms with E-state index in [1.807, 2.05) is 0 Å². The van der Waals surface area contributed by atoms with Crippen LogP contribution in [0.15, 0.2) is 30.0 Å². The molecule has 1 N–H and O–H groups in total. The molecule has 0 aromatic heterocycles. The standard InChI is InChI=1S/C10H9NO4/c1-7(11(14)15)6-8-2-4-9(5-3-8)10(12)13/h2-6H,1H3,(H,12,13)/b7-6+. The van der Waals surface area contributed by atoms with Crippen LogP contribution in [0.25, 0.3) is 6.08 Å². The lowest BCUT2D eigenvalue weighted by Gasteiger charge is -1.95. The van der Waals surface area contributed by atoms with E-state index in [4.69, 9.17) is 5.11 Å². The third-order valence-corrected chi connectivity index (χ3v) is 1.82. The third kappa shape index (κ3) is 2.91. The molecule has 0 amide bonds. The van der Waals surface area contributed by atoms with Crippen LogP contribution in [0.3, 0.4) is 0 Å². The first-order chi connectivity index (χ1) is 7.00. The molecule has 15 heavy (non-hydrogen) atoms. The van der Waals surface area contributed by atoms with Crippen LogP contribution in [0.1, 0.15) is 22.8 Å². The van der Waals surface area contributed by atoms with Gasteiger partial charge in [0.05, 0.1) is 10.5 Å². The zero-order chi connectivity index (χ0) is 11.4. The number of benzene rings is 1. The average Bonchev–Trinajstić information content (AvgIpc) is 2.18. The zero-order valence-electron chi connectivity index (χ0n) is 8.01. The van der Waals surface area contributed by atoms with Gasteiger partial charge in [-0.05, 0) is 17.7 Å². The molecule has 78 valence electrons. The van der Waals surface area contributed by atoms with Gasteiger partial charge in [0, 0.05) is 13.0 Å². The van der Waals surface area contributed by atoms with Crippen LogP contribution < -0.4 is 0 Å². The summed E-state index contributed by atoms with van der Waals surface area (Å²) in [4.78, 5) is 20.3. The fourth-order valence-corrected chi connectivity index (χ4v) is 1.02. The van der Waals surface area contributed by atoms with E-state index >= 15 is 0 Å². The maximum Gasteiger partial charge on any atom is 0.335 e. The second-order valence-electron chi connectivity index (χ2n) is 2.97. The van der Waals surface area contributed by atoms with Crippen molar-refractivity contribution in [2.75, 3.05) is 0 Å². The Morgan fingerprint density at radius 1 is 1.40 bits per heavy atom. The Kier molecular flexibility index (Phi) is 3.17. The van der Waals surface area contributed by atoms with Crippen LogP contribution in [-0.4, -0.2) is 16.0 Å². The molecule has 0 unspecified atom stereocenters. The molecular formula is C10H9NO4. The molecule has 1 aromatic carbocycles. The molecule has 0 saturated carbocycles. The van der Waals surface area contributed by atoms with E-state index < -0.39 is 10.9 Å². The summed E-state index contributed by atoms with van der Waals surface area (Å²) in [5.41, 5.74) is 0.776. The first-order valence-corrected chi connectivity index (χ1v) is 4.17. The Hall–Kier alpha value is -2.17. The van der Waals surface area contributed by atoms with Gasteiger partial charge in [-0.1, -0.05) is 12.1 Å². The predicted octanol–water partition coefficient (Wildman–Crippen LogP) is 2.02. The number of aromatic carboxylic acids is 1. The minimum Gasteiger partial charge on any atom is -0.478 e. The van der Waals surface area contributed by atoms with Crippen LogP contribution >= 0.6 is 0 Å². The largest absolute Gasteiger partial charge is 0.478 e. The summed E-state index contributed by atoms with van der Waals surface area (Å²) in [6.07, 6.45) is 1.38. The molecule has 0 aliphatic rings. The quantitative estimate of drug-likeness (QED) is 0.607. The topological polar surface area (TPSA) is 80.4 Å². The number of hydrogen-bond donors (Lipinski definition) is 1. The van der Waals surface area contributed by atoms with Gasteiger partial charge in [-0.25, -0.2) is 4.79 Å². The van der Waals surface area contributed by atoms with Crippen molar-refractivity contribution in [2.24, 2.45) is 0 Å². The van der Waals surface area contributed by atoms with E-state index in [9.17, 15) is 14.9 Å². The van der Waals surface area contributed by atoms with Crippen molar-refractivity contribution in [1.82, 2.24) is 0 Å². The molecule has 0 saturated heterocycles. The second kappa shape index (κ2) is 4.36. The molecule has 0 atom stereocenters. The summed E-state index contributed by atoms with van der Waals surface area (Å²) in [6, 6.07) is 5.86. The molecule has 0 aliphatic heterocycles. The van der Waals surface area contributed by atoms with E-state index in [2.05, 4.69) is 0 Å². The number of carboxylic acid groups (broad SMARTS) is 1. The normalized spacial score (nSPS) is 11.1. The van der Waals surface area contributed by atoms with Crippen LogP contribution in [0.5, 0.6) is 0 Å². The summed E-state index contributed by atoms with van der Waals surface area (Å²) in [6.45, 7) is 1.38. The lowest BCUT2D eigenvalue weighted by atomic mass is 10.1. The third-order valence-electron chi connectivity index (χ3n) is 1.82. The summed E-state index contributed by atoms with van der Waals surface area (Å²) in [7, 11) is 0. The minimum atomic E-state index is -1.02. The van der Waals surface area contributed by atoms with E-state index in [0.29, 0.717) is 5.56 Å². The van der Waals surface area contributed by atoms with Crippen LogP contribution in [0.2, 0.25) is 0 Å². The molecule has 0 radical (unpaired) electrons. The zero-order valence-corrected chi connectivity index (χ0v) is 8.01. The summed E-state index contributed by atoms with van der Waals surface area (Å²) in [5, 5.41) is 18.9. The van der Waals surface area contributed by atoms with E-state index in [0.717, 1.165) is 0 Å². The summed E-state index contributed by atoms with van der Waals surface area (Å²) in [5.74, 6) is -1.02. The van der Waals surface area contributed by atoms with Crippen LogP contribution in [-0.2, 0) is 0 Å². The van der Waals surface area contributed by atoms with Gasteiger partial charge in [0.25, 0.3) is 0 Å². The maximum absolute atomic E-state index is 10.5. The Labute approximate surface area is 85.8 Å². The number of nitro groups is 1. The highest BCUT2D eigenvalue weighted by Gasteiger charge is 2.04. The number of hydrogen-bond acceptors (Lipinski definition) is 3. The van der Waals surface area contributed by atoms with Crippen molar-refractivity contribution < 1.29 is 14.8 Å². The van der Waals surface area contributed by atoms with Crippen molar-refractivity contribution in [2.45, 2.75) is 6.92 Å².